The highest BCUT2D eigenvalue weighted by Crippen LogP contribution is 2.31. The van der Waals surface area contributed by atoms with Gasteiger partial charge in [-0.2, -0.15) is 13.2 Å². The third-order valence-corrected chi connectivity index (χ3v) is 5.49. The van der Waals surface area contributed by atoms with Crippen LogP contribution in [0, 0.1) is 0 Å². The molecule has 10 heteroatoms. The van der Waals surface area contributed by atoms with E-state index in [-0.39, 0.29) is 12.3 Å². The number of amides is 1. The number of carbonyl (C=O) groups is 1. The second-order valence-electron chi connectivity index (χ2n) is 7.41. The van der Waals surface area contributed by atoms with Crippen molar-refractivity contribution in [1.29, 1.82) is 0 Å². The van der Waals surface area contributed by atoms with E-state index in [0.717, 1.165) is 12.1 Å². The van der Waals surface area contributed by atoms with Gasteiger partial charge in [0.1, 0.15) is 10.7 Å². The van der Waals surface area contributed by atoms with E-state index in [0.29, 0.717) is 21.1 Å². The molecule has 160 valence electrons. The van der Waals surface area contributed by atoms with E-state index in [4.69, 9.17) is 5.73 Å². The summed E-state index contributed by atoms with van der Waals surface area (Å²) in [6.45, 7) is 3.34. The molecule has 0 bridgehead atoms. The molecule has 2 heterocycles. The van der Waals surface area contributed by atoms with Crippen LogP contribution in [0.15, 0.2) is 42.6 Å². The number of aliphatic hydroxyl groups is 1. The third kappa shape index (κ3) is 4.89. The molecule has 0 fully saturated rings. The summed E-state index contributed by atoms with van der Waals surface area (Å²) in [5.74, 6) is -0.433. The Balaban J connectivity index is 1.79. The fourth-order valence-electron chi connectivity index (χ4n) is 2.84. The third-order valence-electron chi connectivity index (χ3n) is 4.45. The highest BCUT2D eigenvalue weighted by atomic mass is 32.1. The first-order valence-corrected chi connectivity index (χ1v) is 9.82. The Morgan fingerprint density at radius 2 is 1.90 bits per heavy atom. The van der Waals surface area contributed by atoms with Crippen LogP contribution in [-0.2, 0) is 12.8 Å². The van der Waals surface area contributed by atoms with Gasteiger partial charge in [-0.05, 0) is 43.7 Å². The number of aromatic amines is 1. The second kappa shape index (κ2) is 8.21. The van der Waals surface area contributed by atoms with Gasteiger partial charge in [0.15, 0.2) is 0 Å². The minimum atomic E-state index is -4.41. The van der Waals surface area contributed by atoms with E-state index >= 15 is 0 Å². The van der Waals surface area contributed by atoms with Crippen LogP contribution >= 0.6 is 11.3 Å². The molecule has 0 aliphatic carbocycles. The number of rotatable bonds is 6. The number of hydrogen-bond acceptors (Lipinski definition) is 5. The maximum Gasteiger partial charge on any atom is 0.416 e. The molecule has 2 aromatic heterocycles. The molecule has 30 heavy (non-hydrogen) atoms. The van der Waals surface area contributed by atoms with E-state index in [1.54, 1.807) is 26.0 Å². The molecule has 3 rings (SSSR count). The normalized spacial score (nSPS) is 13.3. The Labute approximate surface area is 175 Å². The molecule has 0 saturated carbocycles. The highest BCUT2D eigenvalue weighted by Gasteiger charge is 2.32. The van der Waals surface area contributed by atoms with Crippen LogP contribution in [0.3, 0.4) is 0 Å². The zero-order valence-electron chi connectivity index (χ0n) is 16.2. The van der Waals surface area contributed by atoms with Gasteiger partial charge in [0.05, 0.1) is 23.1 Å². The van der Waals surface area contributed by atoms with Gasteiger partial charge in [0, 0.05) is 17.4 Å². The molecule has 0 aliphatic heterocycles. The summed E-state index contributed by atoms with van der Waals surface area (Å²) < 4.78 is 38.2. The number of nitrogens with one attached hydrogen (secondary N) is 2. The second-order valence-corrected chi connectivity index (χ2v) is 8.56. The lowest BCUT2D eigenvalue weighted by molar-refractivity contribution is -0.137. The molecule has 0 saturated heterocycles. The lowest BCUT2D eigenvalue weighted by atomic mass is 9.96. The van der Waals surface area contributed by atoms with Crippen molar-refractivity contribution in [3.8, 4) is 11.3 Å². The van der Waals surface area contributed by atoms with Gasteiger partial charge in [0.2, 0.25) is 0 Å². The van der Waals surface area contributed by atoms with Gasteiger partial charge in [-0.3, -0.25) is 4.79 Å². The van der Waals surface area contributed by atoms with Crippen LogP contribution in [0.25, 0.3) is 11.3 Å². The van der Waals surface area contributed by atoms with Gasteiger partial charge in [-0.1, -0.05) is 12.1 Å². The van der Waals surface area contributed by atoms with Crippen molar-refractivity contribution in [2.75, 3.05) is 0 Å². The first-order chi connectivity index (χ1) is 14.0. The predicted molar refractivity (Wildman–Crippen MR) is 108 cm³/mol. The van der Waals surface area contributed by atoms with E-state index in [9.17, 15) is 23.1 Å². The molecule has 1 aromatic carbocycles. The van der Waals surface area contributed by atoms with Crippen molar-refractivity contribution in [2.45, 2.75) is 38.2 Å². The minimum Gasteiger partial charge on any atom is -0.391 e. The molecule has 1 atom stereocenters. The molecule has 6 nitrogen and oxygen atoms in total. The number of thiazole rings is 1. The van der Waals surface area contributed by atoms with Crippen LogP contribution in [-0.4, -0.2) is 26.5 Å². The molecular formula is C20H21F3N4O2S. The number of H-pyrrole nitrogens is 1. The summed E-state index contributed by atoms with van der Waals surface area (Å²) in [5.41, 5.74) is 5.91. The zero-order chi connectivity index (χ0) is 22.1. The first-order valence-electron chi connectivity index (χ1n) is 9.01. The fourth-order valence-corrected chi connectivity index (χ4v) is 3.86. The molecule has 0 radical (unpaired) electrons. The molecule has 5 N–H and O–H groups in total. The van der Waals surface area contributed by atoms with Crippen LogP contribution in [0.1, 0.15) is 45.8 Å². The Bertz CT molecular complexity index is 1020. The monoisotopic (exact) mass is 438 g/mol. The maximum absolute atomic E-state index is 12.8. The van der Waals surface area contributed by atoms with Crippen LogP contribution in [0.5, 0.6) is 0 Å². The van der Waals surface area contributed by atoms with Gasteiger partial charge in [0.25, 0.3) is 5.91 Å². The quantitative estimate of drug-likeness (QED) is 0.469. The summed E-state index contributed by atoms with van der Waals surface area (Å²) in [6, 6.07) is 7.22. The van der Waals surface area contributed by atoms with Crippen molar-refractivity contribution in [1.82, 2.24) is 15.3 Å². The van der Waals surface area contributed by atoms with E-state index in [2.05, 4.69) is 15.3 Å². The summed E-state index contributed by atoms with van der Waals surface area (Å²) in [5, 5.41) is 12.7. The molecule has 0 aliphatic rings. The fraction of sp³-hybridized carbons (Fsp3) is 0.300. The predicted octanol–water partition coefficient (Wildman–Crippen LogP) is 3.86. The smallest absolute Gasteiger partial charge is 0.391 e. The van der Waals surface area contributed by atoms with E-state index in [1.807, 2.05) is 0 Å². The minimum absolute atomic E-state index is 0.156. The standard InChI is InChI=1S/C20H21F3N4O2S/c1-19(2,24)16(18-25-9-13(10-28)30-18)27-17(29)15-8-7-14(26-15)11-3-5-12(6-4-11)20(21,22)23/h3-9,16,26,28H,10,24H2,1-2H3,(H,27,29)/t16-/m1/s1. The number of nitrogens with zero attached hydrogens (tertiary/aromatic N) is 1. The van der Waals surface area contributed by atoms with Crippen molar-refractivity contribution in [2.24, 2.45) is 5.73 Å². The number of carbonyl (C=O) groups excluding carboxylic acids is 1. The first kappa shape index (κ1) is 22.0. The average molecular weight is 438 g/mol. The number of benzene rings is 1. The summed E-state index contributed by atoms with van der Waals surface area (Å²) in [6.07, 6.45) is -2.88. The van der Waals surface area contributed by atoms with Crippen molar-refractivity contribution in [3.63, 3.8) is 0 Å². The molecular weight excluding hydrogens is 417 g/mol. The molecule has 3 aromatic rings. The molecule has 0 unspecified atom stereocenters. The average Bonchev–Trinajstić information content (AvgIpc) is 3.34. The number of aliphatic hydroxyl groups excluding tert-OH is 1. The largest absolute Gasteiger partial charge is 0.416 e. The van der Waals surface area contributed by atoms with Crippen molar-refractivity contribution < 1.29 is 23.1 Å². The zero-order valence-corrected chi connectivity index (χ0v) is 17.1. The van der Waals surface area contributed by atoms with Crippen LogP contribution in [0.2, 0.25) is 0 Å². The molecule has 0 spiro atoms. The Hall–Kier alpha value is -2.69. The van der Waals surface area contributed by atoms with Crippen molar-refractivity contribution in [3.05, 3.63) is 63.7 Å². The highest BCUT2D eigenvalue weighted by molar-refractivity contribution is 7.11. The summed E-state index contributed by atoms with van der Waals surface area (Å²) >= 11 is 1.25. The van der Waals surface area contributed by atoms with E-state index < -0.39 is 29.2 Å². The number of nitrogens with two attached hydrogens (primary N) is 1. The number of halogens is 3. The topological polar surface area (TPSA) is 104 Å². The van der Waals surface area contributed by atoms with Crippen molar-refractivity contribution >= 4 is 17.2 Å². The summed E-state index contributed by atoms with van der Waals surface area (Å²) in [4.78, 5) is 20.6. The lowest BCUT2D eigenvalue weighted by Crippen LogP contribution is -2.48. The Kier molecular flexibility index (Phi) is 6.02. The van der Waals surface area contributed by atoms with E-state index in [1.165, 1.54) is 29.7 Å². The SMILES string of the molecule is CC(C)(N)[C@H](NC(=O)c1ccc(-c2ccc(C(F)(F)F)cc2)[nH]1)c1ncc(CO)s1. The van der Waals surface area contributed by atoms with Gasteiger partial charge in [-0.15, -0.1) is 11.3 Å². The van der Waals surface area contributed by atoms with Gasteiger partial charge in [-0.25, -0.2) is 4.98 Å². The Morgan fingerprint density at radius 3 is 2.43 bits per heavy atom. The van der Waals surface area contributed by atoms with Gasteiger partial charge >= 0.3 is 6.18 Å². The van der Waals surface area contributed by atoms with Crippen LogP contribution < -0.4 is 11.1 Å². The van der Waals surface area contributed by atoms with Crippen LogP contribution in [0.4, 0.5) is 13.2 Å². The lowest BCUT2D eigenvalue weighted by Gasteiger charge is -2.29. The maximum atomic E-state index is 12.8. The molecule has 1 amide bonds. The summed E-state index contributed by atoms with van der Waals surface area (Å²) in [7, 11) is 0. The number of alkyl halides is 3. The number of hydrogen-bond donors (Lipinski definition) is 4. The number of aromatic nitrogens is 2. The Morgan fingerprint density at radius 1 is 1.23 bits per heavy atom. The van der Waals surface area contributed by atoms with Gasteiger partial charge < -0.3 is 21.1 Å².